The molecule has 11 rings (SSSR count). The maximum absolute atomic E-state index is 2.75. The first-order valence-electron chi connectivity index (χ1n) is 23.6. The van der Waals surface area contributed by atoms with Gasteiger partial charge in [-0.05, 0) is 120 Å². The fourth-order valence-electron chi connectivity index (χ4n) is 11.4. The molecule has 65 heavy (non-hydrogen) atoms. The van der Waals surface area contributed by atoms with Gasteiger partial charge in [-0.1, -0.05) is 227 Å². The standard InChI is InChI=1S/C63H55NSi/c1-63(2)60-36-22-21-35-56(60)59-44-58(48-27-13-5-14-28-48)62(45-61(59)63)64(50-39-42-55(46-23-9-3-10-24-46)57(43-50)47-25-11-4-12-26-47)49-37-40-54(41-38-49)65(51-29-15-6-16-30-51,52-31-17-7-18-32-52)53-33-19-8-20-34-53/h4-8,11-22,25-46H,3,9-10,23-24H2,1-2H3. The molecular formula is C63H55NSi. The summed E-state index contributed by atoms with van der Waals surface area (Å²) in [5.41, 5.74) is 15.3. The maximum Gasteiger partial charge on any atom is 0.179 e. The highest BCUT2D eigenvalue weighted by Gasteiger charge is 2.42. The average molecular weight is 854 g/mol. The van der Waals surface area contributed by atoms with Gasteiger partial charge in [0.2, 0.25) is 0 Å². The number of fused-ring (bicyclic) bond motifs is 3. The molecule has 0 spiro atoms. The first-order chi connectivity index (χ1) is 32.0. The van der Waals surface area contributed by atoms with Crippen molar-refractivity contribution in [3.63, 3.8) is 0 Å². The van der Waals surface area contributed by atoms with Crippen LogP contribution in [0.2, 0.25) is 0 Å². The minimum Gasteiger partial charge on any atom is -0.310 e. The molecule has 0 unspecified atom stereocenters. The zero-order valence-electron chi connectivity index (χ0n) is 37.5. The van der Waals surface area contributed by atoms with E-state index in [4.69, 9.17) is 0 Å². The third kappa shape index (κ3) is 7.18. The second-order valence-electron chi connectivity index (χ2n) is 18.7. The molecule has 316 valence electrons. The Morgan fingerprint density at radius 1 is 0.385 bits per heavy atom. The summed E-state index contributed by atoms with van der Waals surface area (Å²) in [5, 5.41) is 5.48. The van der Waals surface area contributed by atoms with Crippen molar-refractivity contribution in [2.45, 2.75) is 57.3 Å². The van der Waals surface area contributed by atoms with Crippen LogP contribution in [0.25, 0.3) is 33.4 Å². The summed E-state index contributed by atoms with van der Waals surface area (Å²) < 4.78 is 0. The van der Waals surface area contributed by atoms with Gasteiger partial charge < -0.3 is 4.90 Å². The summed E-state index contributed by atoms with van der Waals surface area (Å²) in [5.74, 6) is 0.562. The van der Waals surface area contributed by atoms with E-state index in [1.807, 2.05) is 0 Å². The van der Waals surface area contributed by atoms with E-state index in [1.54, 1.807) is 0 Å². The van der Waals surface area contributed by atoms with E-state index in [1.165, 1.54) is 114 Å². The Kier molecular flexibility index (Phi) is 10.8. The first kappa shape index (κ1) is 40.8. The molecule has 0 N–H and O–H groups in total. The minimum absolute atomic E-state index is 0.169. The molecule has 0 heterocycles. The summed E-state index contributed by atoms with van der Waals surface area (Å²) >= 11 is 0. The monoisotopic (exact) mass is 853 g/mol. The maximum atomic E-state index is 2.57. The van der Waals surface area contributed by atoms with Crippen molar-refractivity contribution < 1.29 is 0 Å². The second kappa shape index (κ2) is 17.2. The van der Waals surface area contributed by atoms with Gasteiger partial charge in [-0.25, -0.2) is 0 Å². The van der Waals surface area contributed by atoms with Crippen LogP contribution in [0.3, 0.4) is 0 Å². The Morgan fingerprint density at radius 3 is 1.43 bits per heavy atom. The first-order valence-corrected chi connectivity index (χ1v) is 25.6. The van der Waals surface area contributed by atoms with E-state index in [2.05, 4.69) is 249 Å². The zero-order valence-corrected chi connectivity index (χ0v) is 38.5. The van der Waals surface area contributed by atoms with Crippen LogP contribution in [0.15, 0.2) is 231 Å². The van der Waals surface area contributed by atoms with Crippen molar-refractivity contribution in [2.24, 2.45) is 0 Å². The molecule has 0 aliphatic heterocycles. The van der Waals surface area contributed by atoms with E-state index in [0.717, 1.165) is 5.69 Å². The molecule has 2 heteroatoms. The molecule has 0 amide bonds. The van der Waals surface area contributed by atoms with Crippen molar-refractivity contribution in [1.29, 1.82) is 0 Å². The van der Waals surface area contributed by atoms with Gasteiger partial charge in [-0.15, -0.1) is 0 Å². The number of nitrogens with zero attached hydrogens (tertiary/aromatic N) is 1. The van der Waals surface area contributed by atoms with Crippen molar-refractivity contribution >= 4 is 45.9 Å². The Balaban J connectivity index is 1.18. The van der Waals surface area contributed by atoms with Crippen LogP contribution in [-0.2, 0) is 5.41 Å². The third-order valence-corrected chi connectivity index (χ3v) is 19.4. The molecule has 0 radical (unpaired) electrons. The van der Waals surface area contributed by atoms with Crippen LogP contribution in [0.5, 0.6) is 0 Å². The van der Waals surface area contributed by atoms with Gasteiger partial charge in [-0.3, -0.25) is 0 Å². The summed E-state index contributed by atoms with van der Waals surface area (Å²) in [6.07, 6.45) is 6.43. The van der Waals surface area contributed by atoms with Gasteiger partial charge in [0.1, 0.15) is 0 Å². The predicted octanol–water partition coefficient (Wildman–Crippen LogP) is 14.2. The van der Waals surface area contributed by atoms with E-state index in [9.17, 15) is 0 Å². The number of anilines is 3. The van der Waals surface area contributed by atoms with Crippen LogP contribution in [0.4, 0.5) is 17.1 Å². The lowest BCUT2D eigenvalue weighted by Gasteiger charge is -2.35. The molecule has 0 saturated heterocycles. The van der Waals surface area contributed by atoms with E-state index in [-0.39, 0.29) is 5.41 Å². The molecule has 0 atom stereocenters. The Bertz CT molecular complexity index is 2970. The molecule has 9 aromatic rings. The Hall–Kier alpha value is -7.00. The lowest BCUT2D eigenvalue weighted by atomic mass is 9.80. The zero-order chi connectivity index (χ0) is 43.8. The van der Waals surface area contributed by atoms with Gasteiger partial charge in [0.25, 0.3) is 0 Å². The highest BCUT2D eigenvalue weighted by atomic mass is 28.3. The van der Waals surface area contributed by atoms with Gasteiger partial charge in [-0.2, -0.15) is 0 Å². The smallest absolute Gasteiger partial charge is 0.179 e. The molecule has 0 aromatic heterocycles. The summed E-state index contributed by atoms with van der Waals surface area (Å²) in [6.45, 7) is 4.80. The van der Waals surface area contributed by atoms with Crippen molar-refractivity contribution in [3.8, 4) is 33.4 Å². The molecule has 0 bridgehead atoms. The lowest BCUT2D eigenvalue weighted by molar-refractivity contribution is 0.444. The normalized spacial score (nSPS) is 14.4. The molecular weight excluding hydrogens is 799 g/mol. The number of rotatable bonds is 10. The highest BCUT2D eigenvalue weighted by Crippen LogP contribution is 2.54. The fourth-order valence-corrected chi connectivity index (χ4v) is 16.2. The highest BCUT2D eigenvalue weighted by molar-refractivity contribution is 7.19. The van der Waals surface area contributed by atoms with Crippen LogP contribution in [0, 0.1) is 0 Å². The SMILES string of the molecule is CC1(C)c2ccccc2-c2cc(-c3ccccc3)c(N(c3ccc([Si](c4ccccc4)(c4ccccc4)c4ccccc4)cc3)c3ccc(C4CCCCC4)c(-c4ccccc4)c3)cc21. The van der Waals surface area contributed by atoms with Gasteiger partial charge >= 0.3 is 0 Å². The van der Waals surface area contributed by atoms with Crippen LogP contribution >= 0.6 is 0 Å². The molecule has 1 saturated carbocycles. The molecule has 2 aliphatic rings. The van der Waals surface area contributed by atoms with Crippen molar-refractivity contribution in [2.75, 3.05) is 4.90 Å². The van der Waals surface area contributed by atoms with Gasteiger partial charge in [0.15, 0.2) is 8.07 Å². The third-order valence-electron chi connectivity index (χ3n) is 14.6. The Morgan fingerprint density at radius 2 is 0.862 bits per heavy atom. The molecule has 1 nitrogen and oxygen atoms in total. The van der Waals surface area contributed by atoms with Crippen LogP contribution in [0.1, 0.15) is 68.6 Å². The topological polar surface area (TPSA) is 3.24 Å². The molecule has 1 fully saturated rings. The predicted molar refractivity (Wildman–Crippen MR) is 279 cm³/mol. The van der Waals surface area contributed by atoms with Crippen LogP contribution < -0.4 is 25.6 Å². The Labute approximate surface area is 386 Å². The van der Waals surface area contributed by atoms with E-state index < -0.39 is 8.07 Å². The van der Waals surface area contributed by atoms with E-state index >= 15 is 0 Å². The summed E-state index contributed by atoms with van der Waals surface area (Å²) in [7, 11) is -2.75. The minimum atomic E-state index is -2.75. The van der Waals surface area contributed by atoms with Crippen molar-refractivity contribution in [3.05, 3.63) is 247 Å². The largest absolute Gasteiger partial charge is 0.310 e. The van der Waals surface area contributed by atoms with Gasteiger partial charge in [0, 0.05) is 22.4 Å². The fraction of sp³-hybridized carbons (Fsp3) is 0.143. The average Bonchev–Trinajstić information content (AvgIpc) is 3.61. The number of benzene rings is 9. The number of hydrogen-bond donors (Lipinski definition) is 0. The summed E-state index contributed by atoms with van der Waals surface area (Å²) in [4.78, 5) is 2.57. The summed E-state index contributed by atoms with van der Waals surface area (Å²) in [6, 6.07) is 87.1. The molecule has 2 aliphatic carbocycles. The van der Waals surface area contributed by atoms with Crippen LogP contribution in [-0.4, -0.2) is 8.07 Å². The van der Waals surface area contributed by atoms with Crippen molar-refractivity contribution in [1.82, 2.24) is 0 Å². The number of hydrogen-bond acceptors (Lipinski definition) is 1. The van der Waals surface area contributed by atoms with E-state index in [0.29, 0.717) is 5.92 Å². The second-order valence-corrected chi connectivity index (χ2v) is 22.5. The quantitative estimate of drug-likeness (QED) is 0.0979. The van der Waals surface area contributed by atoms with Gasteiger partial charge in [0.05, 0.1) is 5.69 Å². The lowest BCUT2D eigenvalue weighted by Crippen LogP contribution is -2.74. The molecule has 9 aromatic carbocycles.